The van der Waals surface area contributed by atoms with Crippen molar-refractivity contribution in [3.8, 4) is 0 Å². The quantitative estimate of drug-likeness (QED) is 0.528. The summed E-state index contributed by atoms with van der Waals surface area (Å²) in [7, 11) is 0. The number of nitrogens with zero attached hydrogens (tertiary/aromatic N) is 2. The van der Waals surface area contributed by atoms with Crippen LogP contribution < -0.4 is 0 Å². The number of hydrogen-bond acceptors (Lipinski definition) is 2. The minimum absolute atomic E-state index is 0.518. The van der Waals surface area contributed by atoms with Crippen molar-refractivity contribution in [3.63, 3.8) is 0 Å². The van der Waals surface area contributed by atoms with Gasteiger partial charge in [0.1, 0.15) is 5.15 Å². The van der Waals surface area contributed by atoms with Gasteiger partial charge in [-0.05, 0) is 72.7 Å². The molecular formula is C20H16Cl2N2. The molecule has 1 aliphatic carbocycles. The topological polar surface area (TPSA) is 25.8 Å². The molecule has 0 radical (unpaired) electrons. The molecule has 0 amide bonds. The molecule has 3 aromatic rings. The van der Waals surface area contributed by atoms with E-state index in [4.69, 9.17) is 23.2 Å². The molecule has 0 atom stereocenters. The predicted molar refractivity (Wildman–Crippen MR) is 102 cm³/mol. The lowest BCUT2D eigenvalue weighted by Gasteiger charge is -2.16. The molecule has 0 unspecified atom stereocenters. The van der Waals surface area contributed by atoms with Crippen LogP contribution in [0.5, 0.6) is 0 Å². The van der Waals surface area contributed by atoms with Crippen molar-refractivity contribution in [2.24, 2.45) is 0 Å². The lowest BCUT2D eigenvalue weighted by molar-refractivity contribution is 0.687. The van der Waals surface area contributed by atoms with Gasteiger partial charge in [0.25, 0.3) is 0 Å². The average Bonchev–Trinajstić information content (AvgIpc) is 2.60. The van der Waals surface area contributed by atoms with E-state index in [1.807, 2.05) is 36.4 Å². The third-order valence-electron chi connectivity index (χ3n) is 4.42. The zero-order chi connectivity index (χ0) is 16.5. The van der Waals surface area contributed by atoms with Crippen LogP contribution in [-0.4, -0.2) is 9.97 Å². The van der Waals surface area contributed by atoms with Crippen molar-refractivity contribution in [1.82, 2.24) is 9.97 Å². The molecule has 0 spiro atoms. The van der Waals surface area contributed by atoms with E-state index in [2.05, 4.69) is 22.1 Å². The number of rotatable bonds is 2. The number of benzene rings is 2. The van der Waals surface area contributed by atoms with Gasteiger partial charge in [-0.15, -0.1) is 0 Å². The monoisotopic (exact) mass is 354 g/mol. The molecule has 0 saturated carbocycles. The van der Waals surface area contributed by atoms with Crippen LogP contribution in [0.15, 0.2) is 36.4 Å². The first-order chi connectivity index (χ1) is 11.7. The van der Waals surface area contributed by atoms with E-state index in [9.17, 15) is 0 Å². The van der Waals surface area contributed by atoms with Crippen LogP contribution in [0.4, 0.5) is 0 Å². The van der Waals surface area contributed by atoms with Gasteiger partial charge >= 0.3 is 0 Å². The largest absolute Gasteiger partial charge is 0.229 e. The Balaban J connectivity index is 1.72. The minimum atomic E-state index is 0.518. The summed E-state index contributed by atoms with van der Waals surface area (Å²) in [4.78, 5) is 9.09. The van der Waals surface area contributed by atoms with E-state index < -0.39 is 0 Å². The fraction of sp³-hybridized carbons (Fsp3) is 0.200. The van der Waals surface area contributed by atoms with Gasteiger partial charge < -0.3 is 0 Å². The molecule has 0 bridgehead atoms. The van der Waals surface area contributed by atoms with Crippen LogP contribution >= 0.6 is 23.2 Å². The first-order valence-electron chi connectivity index (χ1n) is 8.12. The highest BCUT2D eigenvalue weighted by Gasteiger charge is 2.13. The SMILES string of the molecule is Clc1ccc(/C=C/c2nc(Cl)c3cc4c(cc3n2)CCCC4)cc1. The summed E-state index contributed by atoms with van der Waals surface area (Å²) in [6.45, 7) is 0. The molecular weight excluding hydrogens is 339 g/mol. The molecule has 4 heteroatoms. The number of fused-ring (bicyclic) bond motifs is 2. The Morgan fingerprint density at radius 3 is 2.29 bits per heavy atom. The van der Waals surface area contributed by atoms with Crippen molar-refractivity contribution in [3.05, 3.63) is 69.1 Å². The van der Waals surface area contributed by atoms with Crippen molar-refractivity contribution in [1.29, 1.82) is 0 Å². The van der Waals surface area contributed by atoms with Gasteiger partial charge in [-0.2, -0.15) is 0 Å². The molecule has 24 heavy (non-hydrogen) atoms. The fourth-order valence-corrected chi connectivity index (χ4v) is 3.52. The van der Waals surface area contributed by atoms with E-state index in [1.54, 1.807) is 0 Å². The standard InChI is InChI=1S/C20H16Cl2N2/c21-16-8-5-13(6-9-16)7-10-19-23-18-12-15-4-2-1-3-14(15)11-17(18)20(22)24-19/h5-12H,1-4H2/b10-7+. The highest BCUT2D eigenvalue weighted by Crippen LogP contribution is 2.29. The van der Waals surface area contributed by atoms with Gasteiger partial charge in [0.2, 0.25) is 0 Å². The van der Waals surface area contributed by atoms with Gasteiger partial charge in [0.05, 0.1) is 5.52 Å². The molecule has 0 fully saturated rings. The van der Waals surface area contributed by atoms with E-state index in [0.717, 1.165) is 34.3 Å². The minimum Gasteiger partial charge on any atom is -0.229 e. The molecule has 0 N–H and O–H groups in total. The Labute approximate surface area is 151 Å². The first-order valence-corrected chi connectivity index (χ1v) is 8.87. The molecule has 0 saturated heterocycles. The van der Waals surface area contributed by atoms with Gasteiger partial charge in [-0.1, -0.05) is 41.4 Å². The van der Waals surface area contributed by atoms with E-state index in [1.165, 1.54) is 24.0 Å². The van der Waals surface area contributed by atoms with E-state index in [-0.39, 0.29) is 0 Å². The Hall–Kier alpha value is -1.90. The second-order valence-electron chi connectivity index (χ2n) is 6.10. The summed E-state index contributed by atoms with van der Waals surface area (Å²) in [5.74, 6) is 0.623. The van der Waals surface area contributed by atoms with Crippen molar-refractivity contribution in [2.45, 2.75) is 25.7 Å². The molecule has 1 aromatic heterocycles. The summed E-state index contributed by atoms with van der Waals surface area (Å²) in [5, 5.41) is 2.19. The van der Waals surface area contributed by atoms with Crippen LogP contribution in [0.25, 0.3) is 23.1 Å². The lowest BCUT2D eigenvalue weighted by atomic mass is 9.90. The Morgan fingerprint density at radius 1 is 0.833 bits per heavy atom. The van der Waals surface area contributed by atoms with Crippen LogP contribution in [0.1, 0.15) is 35.4 Å². The van der Waals surface area contributed by atoms with Gasteiger partial charge in [-0.25, -0.2) is 9.97 Å². The molecule has 0 aliphatic heterocycles. The number of hydrogen-bond donors (Lipinski definition) is 0. The molecule has 2 aromatic carbocycles. The molecule has 1 aliphatic rings. The summed E-state index contributed by atoms with van der Waals surface area (Å²) in [6.07, 6.45) is 8.60. The maximum atomic E-state index is 6.40. The zero-order valence-corrected chi connectivity index (χ0v) is 14.6. The summed E-state index contributed by atoms with van der Waals surface area (Å²) >= 11 is 12.3. The van der Waals surface area contributed by atoms with Crippen LogP contribution in [0.2, 0.25) is 10.2 Å². The van der Waals surface area contributed by atoms with E-state index in [0.29, 0.717) is 11.0 Å². The van der Waals surface area contributed by atoms with Crippen LogP contribution in [-0.2, 0) is 12.8 Å². The third kappa shape index (κ3) is 3.17. The van der Waals surface area contributed by atoms with Gasteiger partial charge in [0.15, 0.2) is 5.82 Å². The Kier molecular flexibility index (Phi) is 4.26. The summed E-state index contributed by atoms with van der Waals surface area (Å²) in [5.41, 5.74) is 4.76. The van der Waals surface area contributed by atoms with Crippen molar-refractivity contribution in [2.75, 3.05) is 0 Å². The summed E-state index contributed by atoms with van der Waals surface area (Å²) in [6, 6.07) is 12.0. The van der Waals surface area contributed by atoms with Crippen LogP contribution in [0.3, 0.4) is 0 Å². The Bertz CT molecular complexity index is 931. The van der Waals surface area contributed by atoms with Crippen molar-refractivity contribution < 1.29 is 0 Å². The predicted octanol–water partition coefficient (Wildman–Crippen LogP) is 5.99. The van der Waals surface area contributed by atoms with Gasteiger partial charge in [0, 0.05) is 10.4 Å². The molecule has 120 valence electrons. The maximum absolute atomic E-state index is 6.40. The number of aryl methyl sites for hydroxylation is 2. The highest BCUT2D eigenvalue weighted by atomic mass is 35.5. The highest BCUT2D eigenvalue weighted by molar-refractivity contribution is 6.34. The van der Waals surface area contributed by atoms with Crippen molar-refractivity contribution >= 4 is 46.3 Å². The Morgan fingerprint density at radius 2 is 1.54 bits per heavy atom. The second-order valence-corrected chi connectivity index (χ2v) is 6.90. The molecule has 4 rings (SSSR count). The summed E-state index contributed by atoms with van der Waals surface area (Å²) < 4.78 is 0. The smallest absolute Gasteiger partial charge is 0.154 e. The normalized spacial score (nSPS) is 14.2. The lowest BCUT2D eigenvalue weighted by Crippen LogP contribution is -2.03. The van der Waals surface area contributed by atoms with Crippen LogP contribution in [0, 0.1) is 0 Å². The zero-order valence-electron chi connectivity index (χ0n) is 13.1. The number of aromatic nitrogens is 2. The van der Waals surface area contributed by atoms with E-state index >= 15 is 0 Å². The molecule has 2 nitrogen and oxygen atoms in total. The fourth-order valence-electron chi connectivity index (χ4n) is 3.16. The second kappa shape index (κ2) is 6.54. The van der Waals surface area contributed by atoms with Gasteiger partial charge in [-0.3, -0.25) is 0 Å². The third-order valence-corrected chi connectivity index (χ3v) is 4.97. The average molecular weight is 355 g/mol. The first kappa shape index (κ1) is 15.6. The molecule has 1 heterocycles. The maximum Gasteiger partial charge on any atom is 0.154 e. The number of halogens is 2.